The summed E-state index contributed by atoms with van der Waals surface area (Å²) in [5.41, 5.74) is 0.600. The largest absolute Gasteiger partial charge is 0.292 e. The van der Waals surface area contributed by atoms with Gasteiger partial charge in [-0.3, -0.25) is 14.2 Å². The van der Waals surface area contributed by atoms with E-state index in [-0.39, 0.29) is 17.1 Å². The molecule has 0 atom stereocenters. The Bertz CT molecular complexity index is 933. The highest BCUT2D eigenvalue weighted by atomic mass is 79.9. The molecule has 0 bridgehead atoms. The Morgan fingerprint density at radius 2 is 2.09 bits per heavy atom. The van der Waals surface area contributed by atoms with E-state index in [0.717, 1.165) is 3.79 Å². The van der Waals surface area contributed by atoms with Crippen LogP contribution in [0, 0.1) is 0 Å². The molecule has 0 saturated carbocycles. The average molecular weight is 409 g/mol. The van der Waals surface area contributed by atoms with Crippen molar-refractivity contribution in [1.82, 2.24) is 9.55 Å². The number of Topliss-reactive ketones (excluding diaryl/α,β-unsaturated/α-hetero) is 1. The van der Waals surface area contributed by atoms with Crippen LogP contribution < -0.4 is 5.56 Å². The molecule has 0 amide bonds. The third-order valence-electron chi connectivity index (χ3n) is 3.32. The van der Waals surface area contributed by atoms with Crippen LogP contribution in [0.1, 0.15) is 16.6 Å². The lowest BCUT2D eigenvalue weighted by Crippen LogP contribution is -2.22. The van der Waals surface area contributed by atoms with Crippen molar-refractivity contribution < 1.29 is 4.79 Å². The van der Waals surface area contributed by atoms with E-state index in [1.165, 1.54) is 23.1 Å². The minimum Gasteiger partial charge on any atom is -0.292 e. The van der Waals surface area contributed by atoms with Gasteiger partial charge in [0.15, 0.2) is 10.9 Å². The fraction of sp³-hybridized carbons (Fsp3) is 0.188. The van der Waals surface area contributed by atoms with Gasteiger partial charge in [0, 0.05) is 6.54 Å². The smallest absolute Gasteiger partial charge is 0.262 e. The summed E-state index contributed by atoms with van der Waals surface area (Å²) < 4.78 is 2.55. The summed E-state index contributed by atoms with van der Waals surface area (Å²) >= 11 is 6.08. The highest BCUT2D eigenvalue weighted by Gasteiger charge is 2.14. The molecule has 4 nitrogen and oxygen atoms in total. The molecule has 3 aromatic rings. The van der Waals surface area contributed by atoms with Crippen LogP contribution in [0.4, 0.5) is 0 Å². The van der Waals surface area contributed by atoms with Gasteiger partial charge in [0.05, 0.1) is 25.3 Å². The molecular formula is C16H13BrN2O2S2. The van der Waals surface area contributed by atoms with Gasteiger partial charge in [-0.1, -0.05) is 23.9 Å². The molecule has 2 heterocycles. The Balaban J connectivity index is 1.90. The minimum absolute atomic E-state index is 0.0377. The highest BCUT2D eigenvalue weighted by Crippen LogP contribution is 2.25. The summed E-state index contributed by atoms with van der Waals surface area (Å²) in [4.78, 5) is 30.0. The molecule has 0 fully saturated rings. The van der Waals surface area contributed by atoms with Crippen LogP contribution in [-0.2, 0) is 6.54 Å². The van der Waals surface area contributed by atoms with Gasteiger partial charge in [0.2, 0.25) is 0 Å². The van der Waals surface area contributed by atoms with Crippen molar-refractivity contribution in [3.8, 4) is 0 Å². The Hall–Kier alpha value is -1.44. The molecular weight excluding hydrogens is 396 g/mol. The van der Waals surface area contributed by atoms with Crippen molar-refractivity contribution in [2.45, 2.75) is 18.6 Å². The summed E-state index contributed by atoms with van der Waals surface area (Å²) in [6.45, 7) is 2.43. The lowest BCUT2D eigenvalue weighted by Gasteiger charge is -2.10. The Morgan fingerprint density at radius 3 is 2.78 bits per heavy atom. The van der Waals surface area contributed by atoms with Gasteiger partial charge in [-0.15, -0.1) is 11.3 Å². The zero-order valence-electron chi connectivity index (χ0n) is 12.3. The SMILES string of the molecule is CCn1c(SCC(=O)c2ccc(Br)s2)nc2ccccc2c1=O. The highest BCUT2D eigenvalue weighted by molar-refractivity contribution is 9.11. The van der Waals surface area contributed by atoms with Crippen LogP contribution in [0.5, 0.6) is 0 Å². The predicted molar refractivity (Wildman–Crippen MR) is 98.8 cm³/mol. The van der Waals surface area contributed by atoms with Crippen LogP contribution in [0.3, 0.4) is 0 Å². The second-order valence-electron chi connectivity index (χ2n) is 4.78. The first-order valence-corrected chi connectivity index (χ1v) is 9.60. The molecule has 7 heteroatoms. The number of nitrogens with zero attached hydrogens (tertiary/aromatic N) is 2. The van der Waals surface area contributed by atoms with Crippen molar-refractivity contribution in [2.24, 2.45) is 0 Å². The van der Waals surface area contributed by atoms with E-state index in [0.29, 0.717) is 27.5 Å². The fourth-order valence-corrected chi connectivity index (χ4v) is 4.56. The number of carbonyl (C=O) groups is 1. The van der Waals surface area contributed by atoms with E-state index in [4.69, 9.17) is 0 Å². The maximum Gasteiger partial charge on any atom is 0.262 e. The zero-order valence-corrected chi connectivity index (χ0v) is 15.5. The maximum absolute atomic E-state index is 12.5. The van der Waals surface area contributed by atoms with E-state index in [1.807, 2.05) is 31.2 Å². The summed E-state index contributed by atoms with van der Waals surface area (Å²) in [6, 6.07) is 10.9. The quantitative estimate of drug-likeness (QED) is 0.360. The number of benzene rings is 1. The third kappa shape index (κ3) is 3.41. The number of halogens is 1. The average Bonchev–Trinajstić information content (AvgIpc) is 2.99. The van der Waals surface area contributed by atoms with E-state index in [9.17, 15) is 9.59 Å². The molecule has 23 heavy (non-hydrogen) atoms. The maximum atomic E-state index is 12.5. The molecule has 0 aliphatic heterocycles. The zero-order chi connectivity index (χ0) is 16.4. The van der Waals surface area contributed by atoms with Crippen molar-refractivity contribution in [2.75, 3.05) is 5.75 Å². The Morgan fingerprint density at radius 1 is 1.30 bits per heavy atom. The minimum atomic E-state index is -0.0630. The topological polar surface area (TPSA) is 52.0 Å². The van der Waals surface area contributed by atoms with Crippen LogP contribution in [0.2, 0.25) is 0 Å². The molecule has 0 unspecified atom stereocenters. The van der Waals surface area contributed by atoms with E-state index in [2.05, 4.69) is 20.9 Å². The molecule has 1 aromatic carbocycles. The van der Waals surface area contributed by atoms with Gasteiger partial charge in [-0.25, -0.2) is 4.98 Å². The molecule has 0 N–H and O–H groups in total. The number of ketones is 1. The van der Waals surface area contributed by atoms with Crippen LogP contribution >= 0.6 is 39.0 Å². The first-order valence-electron chi connectivity index (χ1n) is 7.01. The van der Waals surface area contributed by atoms with Gasteiger partial charge >= 0.3 is 0 Å². The van der Waals surface area contributed by atoms with E-state index in [1.54, 1.807) is 16.7 Å². The number of thioether (sulfide) groups is 1. The molecule has 2 aromatic heterocycles. The summed E-state index contributed by atoms with van der Waals surface area (Å²) in [5.74, 6) is 0.299. The van der Waals surface area contributed by atoms with Crippen LogP contribution in [0.15, 0.2) is 50.1 Å². The van der Waals surface area contributed by atoms with Gasteiger partial charge in [0.25, 0.3) is 5.56 Å². The van der Waals surface area contributed by atoms with Gasteiger partial charge in [-0.2, -0.15) is 0 Å². The lowest BCUT2D eigenvalue weighted by atomic mass is 10.2. The van der Waals surface area contributed by atoms with E-state index >= 15 is 0 Å². The van der Waals surface area contributed by atoms with Gasteiger partial charge in [0.1, 0.15) is 0 Å². The number of thiophene rings is 1. The first kappa shape index (κ1) is 16.4. The van der Waals surface area contributed by atoms with Crippen LogP contribution in [0.25, 0.3) is 10.9 Å². The molecule has 3 rings (SSSR count). The first-order chi connectivity index (χ1) is 11.1. The van der Waals surface area contributed by atoms with Crippen molar-refractivity contribution >= 4 is 55.7 Å². The predicted octanol–water partition coefficient (Wildman–Crippen LogP) is 4.22. The third-order valence-corrected chi connectivity index (χ3v) is 5.96. The molecule has 0 spiro atoms. The fourth-order valence-electron chi connectivity index (χ4n) is 2.20. The summed E-state index contributed by atoms with van der Waals surface area (Å²) in [5, 5.41) is 1.19. The van der Waals surface area contributed by atoms with Gasteiger partial charge < -0.3 is 0 Å². The van der Waals surface area contributed by atoms with Crippen molar-refractivity contribution in [3.05, 3.63) is 55.4 Å². The monoisotopic (exact) mass is 408 g/mol. The number of fused-ring (bicyclic) bond motifs is 1. The standard InChI is InChI=1S/C16H13BrN2O2S2/c1-2-19-15(21)10-5-3-4-6-11(10)18-16(19)22-9-12(20)13-7-8-14(17)23-13/h3-8H,2,9H2,1H3. The Labute approximate surface area is 149 Å². The second kappa shape index (κ2) is 6.98. The molecule has 0 aliphatic carbocycles. The van der Waals surface area contributed by atoms with E-state index < -0.39 is 0 Å². The van der Waals surface area contributed by atoms with Gasteiger partial charge in [-0.05, 0) is 47.1 Å². The van der Waals surface area contributed by atoms with Crippen molar-refractivity contribution in [3.63, 3.8) is 0 Å². The number of aromatic nitrogens is 2. The summed E-state index contributed by atoms with van der Waals surface area (Å²) in [6.07, 6.45) is 0. The number of hydrogen-bond donors (Lipinski definition) is 0. The number of para-hydroxylation sites is 1. The molecule has 118 valence electrons. The molecule has 0 radical (unpaired) electrons. The Kier molecular flexibility index (Phi) is 4.99. The number of carbonyl (C=O) groups excluding carboxylic acids is 1. The normalized spacial score (nSPS) is 11.0. The molecule has 0 aliphatic rings. The van der Waals surface area contributed by atoms with Crippen molar-refractivity contribution in [1.29, 1.82) is 0 Å². The molecule has 0 saturated heterocycles. The van der Waals surface area contributed by atoms with Crippen LogP contribution in [-0.4, -0.2) is 21.1 Å². The number of rotatable bonds is 5. The summed E-state index contributed by atoms with van der Waals surface area (Å²) in [7, 11) is 0. The lowest BCUT2D eigenvalue weighted by molar-refractivity contribution is 0.102. The second-order valence-corrected chi connectivity index (χ2v) is 8.18. The number of hydrogen-bond acceptors (Lipinski definition) is 5.